The van der Waals surface area contributed by atoms with Crippen molar-refractivity contribution in [3.05, 3.63) is 25.0 Å². The van der Waals surface area contributed by atoms with E-state index in [1.165, 1.54) is 0 Å². The number of hydrogen-bond donors (Lipinski definition) is 2. The molecule has 0 aliphatic rings. The van der Waals surface area contributed by atoms with Gasteiger partial charge in [-0.25, -0.2) is 0 Å². The fraction of sp³-hybridized carbons (Fsp3) is 0.455. The molecular formula is C11H14Br3NO. The Balaban J connectivity index is 3.08. The molecule has 5 heteroatoms. The molecule has 0 spiro atoms. The van der Waals surface area contributed by atoms with Gasteiger partial charge >= 0.3 is 0 Å². The third-order valence-corrected chi connectivity index (χ3v) is 4.48. The van der Waals surface area contributed by atoms with Crippen LogP contribution in [0.3, 0.4) is 0 Å². The summed E-state index contributed by atoms with van der Waals surface area (Å²) in [5, 5.41) is 9.82. The van der Waals surface area contributed by atoms with Crippen molar-refractivity contribution >= 4 is 47.8 Å². The topological polar surface area (TPSA) is 46.2 Å². The maximum Gasteiger partial charge on any atom is 0.144 e. The van der Waals surface area contributed by atoms with Crippen molar-refractivity contribution in [3.63, 3.8) is 0 Å². The third kappa shape index (κ3) is 3.22. The van der Waals surface area contributed by atoms with Crippen molar-refractivity contribution in [2.75, 3.05) is 0 Å². The van der Waals surface area contributed by atoms with Gasteiger partial charge in [-0.2, -0.15) is 0 Å². The molecular weight excluding hydrogens is 402 g/mol. The average molecular weight is 416 g/mol. The van der Waals surface area contributed by atoms with Crippen LogP contribution < -0.4 is 5.73 Å². The van der Waals surface area contributed by atoms with Gasteiger partial charge in [0.25, 0.3) is 0 Å². The van der Waals surface area contributed by atoms with E-state index in [2.05, 4.69) is 54.7 Å². The highest BCUT2D eigenvalue weighted by Crippen LogP contribution is 2.42. The molecule has 0 aliphatic carbocycles. The first-order valence-electron chi connectivity index (χ1n) is 5.11. The third-order valence-electron chi connectivity index (χ3n) is 2.42. The first kappa shape index (κ1) is 14.5. The maximum atomic E-state index is 9.82. The van der Waals surface area contributed by atoms with E-state index < -0.39 is 0 Å². The molecule has 0 fully saturated rings. The van der Waals surface area contributed by atoms with Gasteiger partial charge in [-0.05, 0) is 44.3 Å². The molecule has 0 saturated heterocycles. The maximum absolute atomic E-state index is 9.82. The smallest absolute Gasteiger partial charge is 0.144 e. The van der Waals surface area contributed by atoms with E-state index >= 15 is 0 Å². The molecule has 0 heterocycles. The number of phenolic OH excluding ortho intramolecular Hbond substituents is 1. The number of unbranched alkanes of at least 4 members (excludes halogenated alkanes) is 1. The van der Waals surface area contributed by atoms with Crippen LogP contribution in [0.5, 0.6) is 5.75 Å². The molecule has 1 atom stereocenters. The Morgan fingerprint density at radius 2 is 1.94 bits per heavy atom. The van der Waals surface area contributed by atoms with Crippen LogP contribution >= 0.6 is 47.8 Å². The summed E-state index contributed by atoms with van der Waals surface area (Å²) in [5.74, 6) is 0.199. The minimum absolute atomic E-state index is 0.0669. The predicted octanol–water partition coefficient (Wildman–Crippen LogP) is 4.87. The minimum Gasteiger partial charge on any atom is -0.506 e. The van der Waals surface area contributed by atoms with Crippen molar-refractivity contribution in [1.29, 1.82) is 0 Å². The number of aromatic hydroxyl groups is 1. The number of rotatable bonds is 4. The van der Waals surface area contributed by atoms with Crippen molar-refractivity contribution in [2.45, 2.75) is 32.2 Å². The first-order chi connectivity index (χ1) is 7.49. The highest BCUT2D eigenvalue weighted by molar-refractivity contribution is 9.11. The minimum atomic E-state index is -0.0669. The van der Waals surface area contributed by atoms with Gasteiger partial charge in [0.1, 0.15) is 5.75 Å². The standard InChI is InChI=1S/C11H14Br3NO/c1-2-3-4-8(15)9-6(12)5-7(13)11(16)10(9)14/h5,8,16H,2-4,15H2,1H3/t8-/m0/s1. The molecule has 0 amide bonds. The Morgan fingerprint density at radius 1 is 1.31 bits per heavy atom. The fourth-order valence-electron chi connectivity index (χ4n) is 1.50. The molecule has 16 heavy (non-hydrogen) atoms. The van der Waals surface area contributed by atoms with Crippen LogP contribution in [0.4, 0.5) is 0 Å². The van der Waals surface area contributed by atoms with Crippen LogP contribution in [0.15, 0.2) is 19.5 Å². The number of benzene rings is 1. The lowest BCUT2D eigenvalue weighted by Crippen LogP contribution is -2.11. The number of phenols is 1. The summed E-state index contributed by atoms with van der Waals surface area (Å²) in [5.41, 5.74) is 7.04. The molecule has 2 nitrogen and oxygen atoms in total. The van der Waals surface area contributed by atoms with Crippen LogP contribution in [-0.4, -0.2) is 5.11 Å². The molecule has 0 aromatic heterocycles. The van der Waals surface area contributed by atoms with Gasteiger partial charge in [0.2, 0.25) is 0 Å². The summed E-state index contributed by atoms with van der Waals surface area (Å²) in [6, 6.07) is 1.75. The van der Waals surface area contributed by atoms with Gasteiger partial charge in [0.05, 0.1) is 8.95 Å². The van der Waals surface area contributed by atoms with Crippen LogP contribution in [0.1, 0.15) is 37.8 Å². The predicted molar refractivity (Wildman–Crippen MR) is 77.7 cm³/mol. The molecule has 1 aromatic carbocycles. The SMILES string of the molecule is CCCC[C@H](N)c1c(Br)cc(Br)c(O)c1Br. The van der Waals surface area contributed by atoms with Crippen LogP contribution in [0.2, 0.25) is 0 Å². The molecule has 0 bridgehead atoms. The van der Waals surface area contributed by atoms with Gasteiger partial charge in [0.15, 0.2) is 0 Å². The van der Waals surface area contributed by atoms with Gasteiger partial charge in [-0.1, -0.05) is 35.7 Å². The first-order valence-corrected chi connectivity index (χ1v) is 7.48. The Hall–Kier alpha value is 0.420. The highest BCUT2D eigenvalue weighted by atomic mass is 79.9. The highest BCUT2D eigenvalue weighted by Gasteiger charge is 2.18. The van der Waals surface area contributed by atoms with Crippen LogP contribution in [0.25, 0.3) is 0 Å². The van der Waals surface area contributed by atoms with E-state index in [0.29, 0.717) is 8.95 Å². The van der Waals surface area contributed by atoms with Gasteiger partial charge in [0, 0.05) is 16.1 Å². The van der Waals surface area contributed by atoms with Crippen LogP contribution in [-0.2, 0) is 0 Å². The summed E-state index contributed by atoms with van der Waals surface area (Å²) >= 11 is 10.1. The molecule has 3 N–H and O–H groups in total. The van der Waals surface area contributed by atoms with Gasteiger partial charge in [-0.3, -0.25) is 0 Å². The lowest BCUT2D eigenvalue weighted by atomic mass is 10.0. The second-order valence-corrected chi connectivity index (χ2v) is 6.17. The van der Waals surface area contributed by atoms with Gasteiger partial charge in [-0.15, -0.1) is 0 Å². The summed E-state index contributed by atoms with van der Waals surface area (Å²) in [7, 11) is 0. The van der Waals surface area contributed by atoms with Crippen molar-refractivity contribution < 1.29 is 5.11 Å². The quantitative estimate of drug-likeness (QED) is 0.736. The Labute approximate surface area is 121 Å². The van der Waals surface area contributed by atoms with Crippen LogP contribution in [0, 0.1) is 0 Å². The largest absolute Gasteiger partial charge is 0.506 e. The van der Waals surface area contributed by atoms with E-state index in [-0.39, 0.29) is 11.8 Å². The summed E-state index contributed by atoms with van der Waals surface area (Å²) in [4.78, 5) is 0. The fourth-order valence-corrected chi connectivity index (χ4v) is 4.21. The lowest BCUT2D eigenvalue weighted by Gasteiger charge is -2.17. The lowest BCUT2D eigenvalue weighted by molar-refractivity contribution is 0.465. The summed E-state index contributed by atoms with van der Waals surface area (Å²) in [6.07, 6.45) is 3.11. The summed E-state index contributed by atoms with van der Waals surface area (Å²) in [6.45, 7) is 2.13. The molecule has 1 rings (SSSR count). The molecule has 0 saturated carbocycles. The molecule has 1 aromatic rings. The van der Waals surface area contributed by atoms with E-state index in [1.54, 1.807) is 0 Å². The average Bonchev–Trinajstić information content (AvgIpc) is 2.23. The number of halogens is 3. The van der Waals surface area contributed by atoms with Crippen molar-refractivity contribution in [1.82, 2.24) is 0 Å². The summed E-state index contributed by atoms with van der Waals surface area (Å²) < 4.78 is 2.22. The molecule has 0 radical (unpaired) electrons. The second kappa shape index (κ2) is 6.38. The van der Waals surface area contributed by atoms with Crippen molar-refractivity contribution in [3.8, 4) is 5.75 Å². The van der Waals surface area contributed by atoms with E-state index in [1.807, 2.05) is 6.07 Å². The monoisotopic (exact) mass is 413 g/mol. The van der Waals surface area contributed by atoms with E-state index in [4.69, 9.17) is 5.73 Å². The van der Waals surface area contributed by atoms with Crippen molar-refractivity contribution in [2.24, 2.45) is 5.73 Å². The molecule has 90 valence electrons. The Kier molecular flexibility index (Phi) is 5.77. The molecule has 0 aliphatic heterocycles. The van der Waals surface area contributed by atoms with E-state index in [0.717, 1.165) is 29.3 Å². The van der Waals surface area contributed by atoms with E-state index in [9.17, 15) is 5.11 Å². The normalized spacial score (nSPS) is 12.8. The Morgan fingerprint density at radius 3 is 2.50 bits per heavy atom. The zero-order valence-electron chi connectivity index (χ0n) is 8.93. The van der Waals surface area contributed by atoms with Gasteiger partial charge < -0.3 is 10.8 Å². The zero-order chi connectivity index (χ0) is 12.3. The second-order valence-electron chi connectivity index (χ2n) is 3.67. The zero-order valence-corrected chi connectivity index (χ0v) is 13.7. The number of hydrogen-bond acceptors (Lipinski definition) is 2. The number of nitrogens with two attached hydrogens (primary N) is 1. The Bertz CT molecular complexity index is 382. The molecule has 0 unspecified atom stereocenters.